The third kappa shape index (κ3) is 5.97. The summed E-state index contributed by atoms with van der Waals surface area (Å²) in [5.41, 5.74) is 0.630. The van der Waals surface area contributed by atoms with E-state index in [1.165, 1.54) is 32.8 Å². The first-order valence-electron chi connectivity index (χ1n) is 6.78. The monoisotopic (exact) mass is 278 g/mol. The highest BCUT2D eigenvalue weighted by atomic mass is 32.2. The number of carbonyl (C=O) groups is 1. The van der Waals surface area contributed by atoms with Crippen LogP contribution in [0.4, 0.5) is 0 Å². The fraction of sp³-hybridized carbons (Fsp3) is 0.438. The first-order valence-corrected chi connectivity index (χ1v) is 7.66. The Bertz CT molecular complexity index is 413. The lowest BCUT2D eigenvalue weighted by molar-refractivity contribution is 0.0597. The van der Waals surface area contributed by atoms with Crippen molar-refractivity contribution in [2.24, 2.45) is 0 Å². The van der Waals surface area contributed by atoms with Gasteiger partial charge in [0.2, 0.25) is 0 Å². The van der Waals surface area contributed by atoms with Gasteiger partial charge in [0.25, 0.3) is 0 Å². The number of methoxy groups -OCH3 is 1. The molecule has 1 rings (SSSR count). The molecule has 0 amide bonds. The lowest BCUT2D eigenvalue weighted by Gasteiger charge is -2.04. The summed E-state index contributed by atoms with van der Waals surface area (Å²) in [5.74, 6) is -0.278. The van der Waals surface area contributed by atoms with Crippen molar-refractivity contribution in [2.75, 3.05) is 7.11 Å². The normalized spacial score (nSPS) is 10.8. The quantitative estimate of drug-likeness (QED) is 0.378. The molecule has 0 unspecified atom stereocenters. The van der Waals surface area contributed by atoms with Crippen LogP contribution in [0.25, 0.3) is 0 Å². The maximum Gasteiger partial charge on any atom is 0.339 e. The van der Waals surface area contributed by atoms with E-state index < -0.39 is 0 Å². The summed E-state index contributed by atoms with van der Waals surface area (Å²) in [4.78, 5) is 12.5. The highest BCUT2D eigenvalue weighted by molar-refractivity contribution is 8.02. The summed E-state index contributed by atoms with van der Waals surface area (Å²) in [6.45, 7) is 2.22. The van der Waals surface area contributed by atoms with E-state index in [4.69, 9.17) is 4.74 Å². The summed E-state index contributed by atoms with van der Waals surface area (Å²) in [6.07, 6.45) is 8.40. The van der Waals surface area contributed by atoms with Gasteiger partial charge >= 0.3 is 5.97 Å². The zero-order chi connectivity index (χ0) is 13.9. The van der Waals surface area contributed by atoms with Gasteiger partial charge in [-0.2, -0.15) is 0 Å². The first-order chi connectivity index (χ1) is 9.29. The Morgan fingerprint density at radius 1 is 1.26 bits per heavy atom. The fourth-order valence-electron chi connectivity index (χ4n) is 1.73. The molecule has 0 aliphatic carbocycles. The Morgan fingerprint density at radius 2 is 2.05 bits per heavy atom. The van der Waals surface area contributed by atoms with Crippen molar-refractivity contribution in [3.63, 3.8) is 0 Å². The molecule has 0 spiro atoms. The van der Waals surface area contributed by atoms with Crippen LogP contribution < -0.4 is 0 Å². The maximum absolute atomic E-state index is 11.6. The largest absolute Gasteiger partial charge is 0.465 e. The van der Waals surface area contributed by atoms with Crippen molar-refractivity contribution < 1.29 is 9.53 Å². The molecule has 0 aliphatic heterocycles. The molecule has 0 saturated carbocycles. The Kier molecular flexibility index (Phi) is 8.07. The van der Waals surface area contributed by atoms with Crippen LogP contribution >= 0.6 is 11.8 Å². The van der Waals surface area contributed by atoms with Gasteiger partial charge in [0, 0.05) is 4.90 Å². The fourth-order valence-corrected chi connectivity index (χ4v) is 2.54. The molecule has 1 aromatic carbocycles. The SMILES string of the molecule is CCCCCC/C=C/Sc1ccccc1C(=O)OC. The number of benzene rings is 1. The number of carbonyl (C=O) groups excluding carboxylic acids is 1. The molecule has 0 heterocycles. The van der Waals surface area contributed by atoms with Gasteiger partial charge in [-0.3, -0.25) is 0 Å². The predicted octanol–water partition coefficient (Wildman–Crippen LogP) is 5.05. The lowest BCUT2D eigenvalue weighted by atomic mass is 10.2. The number of esters is 1. The van der Waals surface area contributed by atoms with E-state index in [1.54, 1.807) is 17.8 Å². The number of ether oxygens (including phenoxy) is 1. The van der Waals surface area contributed by atoms with Crippen molar-refractivity contribution in [2.45, 2.75) is 43.9 Å². The van der Waals surface area contributed by atoms with Crippen LogP contribution in [0.1, 0.15) is 49.4 Å². The number of hydrogen-bond donors (Lipinski definition) is 0. The van der Waals surface area contributed by atoms with E-state index in [2.05, 4.69) is 18.4 Å². The molecule has 0 fully saturated rings. The number of thioether (sulfide) groups is 1. The van der Waals surface area contributed by atoms with Gasteiger partial charge in [-0.15, -0.1) is 0 Å². The van der Waals surface area contributed by atoms with E-state index in [1.807, 2.05) is 18.2 Å². The van der Waals surface area contributed by atoms with E-state index in [0.717, 1.165) is 11.3 Å². The molecule has 104 valence electrons. The lowest BCUT2D eigenvalue weighted by Crippen LogP contribution is -2.02. The molecule has 1 aromatic rings. The van der Waals surface area contributed by atoms with Gasteiger partial charge in [0.05, 0.1) is 12.7 Å². The van der Waals surface area contributed by atoms with Crippen LogP contribution in [-0.4, -0.2) is 13.1 Å². The Balaban J connectivity index is 2.44. The minimum absolute atomic E-state index is 0.278. The van der Waals surface area contributed by atoms with Crippen molar-refractivity contribution in [1.82, 2.24) is 0 Å². The number of unbranched alkanes of at least 4 members (excludes halogenated alkanes) is 4. The highest BCUT2D eigenvalue weighted by Gasteiger charge is 2.09. The summed E-state index contributed by atoms with van der Waals surface area (Å²) >= 11 is 1.57. The van der Waals surface area contributed by atoms with E-state index in [0.29, 0.717) is 5.56 Å². The van der Waals surface area contributed by atoms with Crippen LogP contribution in [0.2, 0.25) is 0 Å². The van der Waals surface area contributed by atoms with Gasteiger partial charge in [-0.05, 0) is 30.4 Å². The number of allylic oxidation sites excluding steroid dienone is 1. The van der Waals surface area contributed by atoms with Crippen LogP contribution in [0.5, 0.6) is 0 Å². The molecule has 3 heteroatoms. The molecule has 0 N–H and O–H groups in total. The minimum atomic E-state index is -0.278. The highest BCUT2D eigenvalue weighted by Crippen LogP contribution is 2.24. The smallest absolute Gasteiger partial charge is 0.339 e. The number of rotatable bonds is 8. The Hall–Kier alpha value is -1.22. The van der Waals surface area contributed by atoms with Gasteiger partial charge in [-0.1, -0.05) is 56.2 Å². The zero-order valence-electron chi connectivity index (χ0n) is 11.7. The maximum atomic E-state index is 11.6. The van der Waals surface area contributed by atoms with Crippen LogP contribution in [0.15, 0.2) is 40.6 Å². The molecule has 0 aromatic heterocycles. The topological polar surface area (TPSA) is 26.3 Å². The standard InChI is InChI=1S/C16H22O2S/c1-3-4-5-6-7-10-13-19-15-12-9-8-11-14(15)16(17)18-2/h8-13H,3-7H2,1-2H3/b13-10+. The molecule has 0 aliphatic rings. The Labute approximate surface area is 120 Å². The van der Waals surface area contributed by atoms with Crippen LogP contribution in [0, 0.1) is 0 Å². The molecule has 0 radical (unpaired) electrons. The third-order valence-corrected chi connectivity index (χ3v) is 3.75. The van der Waals surface area contributed by atoms with Crippen LogP contribution in [-0.2, 0) is 4.74 Å². The van der Waals surface area contributed by atoms with Gasteiger partial charge in [-0.25, -0.2) is 4.79 Å². The molecule has 19 heavy (non-hydrogen) atoms. The van der Waals surface area contributed by atoms with Gasteiger partial charge in [0.15, 0.2) is 0 Å². The summed E-state index contributed by atoms with van der Waals surface area (Å²) < 4.78 is 4.77. The van der Waals surface area contributed by atoms with Crippen molar-refractivity contribution >= 4 is 17.7 Å². The summed E-state index contributed by atoms with van der Waals surface area (Å²) in [6, 6.07) is 7.52. The van der Waals surface area contributed by atoms with E-state index >= 15 is 0 Å². The Morgan fingerprint density at radius 3 is 2.79 bits per heavy atom. The molecular weight excluding hydrogens is 256 g/mol. The molecule has 0 saturated heterocycles. The second-order valence-corrected chi connectivity index (χ2v) is 5.27. The second kappa shape index (κ2) is 9.68. The molecule has 0 bridgehead atoms. The van der Waals surface area contributed by atoms with Crippen LogP contribution in [0.3, 0.4) is 0 Å². The second-order valence-electron chi connectivity index (χ2n) is 4.33. The van der Waals surface area contributed by atoms with Gasteiger partial charge in [0.1, 0.15) is 0 Å². The van der Waals surface area contributed by atoms with E-state index in [9.17, 15) is 4.79 Å². The van der Waals surface area contributed by atoms with Crippen molar-refractivity contribution in [3.05, 3.63) is 41.3 Å². The minimum Gasteiger partial charge on any atom is -0.465 e. The average Bonchev–Trinajstić information content (AvgIpc) is 2.46. The summed E-state index contributed by atoms with van der Waals surface area (Å²) in [7, 11) is 1.41. The number of hydrogen-bond acceptors (Lipinski definition) is 3. The molecule has 2 nitrogen and oxygen atoms in total. The zero-order valence-corrected chi connectivity index (χ0v) is 12.5. The van der Waals surface area contributed by atoms with Crippen molar-refractivity contribution in [3.8, 4) is 0 Å². The van der Waals surface area contributed by atoms with Gasteiger partial charge < -0.3 is 4.74 Å². The molecular formula is C16H22O2S. The summed E-state index contributed by atoms with van der Waals surface area (Å²) in [5, 5.41) is 2.06. The average molecular weight is 278 g/mol. The first kappa shape index (κ1) is 15.8. The van der Waals surface area contributed by atoms with Crippen molar-refractivity contribution in [1.29, 1.82) is 0 Å². The predicted molar refractivity (Wildman–Crippen MR) is 81.5 cm³/mol. The molecule has 0 atom stereocenters. The third-order valence-electron chi connectivity index (χ3n) is 2.81. The van der Waals surface area contributed by atoms with E-state index in [-0.39, 0.29) is 5.97 Å².